The zero-order chi connectivity index (χ0) is 10.6. The fourth-order valence-electron chi connectivity index (χ4n) is 0.552. The minimum atomic E-state index is -0.100. The lowest BCUT2D eigenvalue weighted by Gasteiger charge is -1.90. The predicted octanol–water partition coefficient (Wildman–Crippen LogP) is 0.504. The van der Waals surface area contributed by atoms with Gasteiger partial charge in [0, 0.05) is 30.2 Å². The summed E-state index contributed by atoms with van der Waals surface area (Å²) >= 11 is 0. The van der Waals surface area contributed by atoms with Gasteiger partial charge in [-0.15, -0.1) is 6.42 Å². The number of carbonyl (C=O) groups is 1. The molecule has 0 saturated carbocycles. The number of amides is 1. The van der Waals surface area contributed by atoms with Gasteiger partial charge in [-0.1, -0.05) is 6.92 Å². The Kier molecular flexibility index (Phi) is 7.36. The molecule has 0 fully saturated rings. The van der Waals surface area contributed by atoms with Crippen LogP contribution >= 0.6 is 0 Å². The molecule has 0 aromatic heterocycles. The van der Waals surface area contributed by atoms with Crippen LogP contribution in [0.4, 0.5) is 0 Å². The lowest BCUT2D eigenvalue weighted by atomic mass is 10.3. The fourth-order valence-corrected chi connectivity index (χ4v) is 0.552. The molecule has 1 amide bonds. The van der Waals surface area contributed by atoms with Crippen LogP contribution in [-0.4, -0.2) is 5.91 Å². The Morgan fingerprint density at radius 2 is 1.86 bits per heavy atom. The fraction of sp³-hybridized carbons (Fsp3) is 0.250. The number of hydrogen-bond donors (Lipinski definition) is 1. The van der Waals surface area contributed by atoms with Crippen molar-refractivity contribution < 1.29 is 4.79 Å². The molecule has 0 spiro atoms. The van der Waals surface area contributed by atoms with Crippen molar-refractivity contribution in [3.63, 3.8) is 0 Å². The van der Waals surface area contributed by atoms with E-state index in [0.717, 1.165) is 6.42 Å². The third kappa shape index (κ3) is 7.81. The van der Waals surface area contributed by atoms with Crippen molar-refractivity contribution >= 4 is 5.91 Å². The first kappa shape index (κ1) is 11.7. The number of rotatable bonds is 2. The maximum absolute atomic E-state index is 10.9. The van der Waals surface area contributed by atoms with E-state index in [1.165, 1.54) is 0 Å². The van der Waals surface area contributed by atoms with Crippen LogP contribution in [-0.2, 0) is 4.79 Å². The molecule has 0 aromatic carbocycles. The number of carbonyl (C=O) groups excluding carboxylic acids is 1. The molecule has 0 unspecified atom stereocenters. The van der Waals surface area contributed by atoms with Crippen LogP contribution in [0.2, 0.25) is 0 Å². The molecule has 68 valence electrons. The van der Waals surface area contributed by atoms with Crippen LogP contribution in [0.25, 0.3) is 0 Å². The Morgan fingerprint density at radius 1 is 1.21 bits per heavy atom. The van der Waals surface area contributed by atoms with Gasteiger partial charge in [0.2, 0.25) is 5.91 Å². The van der Waals surface area contributed by atoms with Crippen molar-refractivity contribution in [3.05, 3.63) is 0 Å². The first-order valence-corrected chi connectivity index (χ1v) is 4.05. The molecule has 0 aliphatic heterocycles. The molecular weight excluding hydrogens is 174 g/mol. The highest BCUT2D eigenvalue weighted by Gasteiger charge is 1.92. The second kappa shape index (κ2) is 8.80. The van der Waals surface area contributed by atoms with Gasteiger partial charge in [-0.05, 0) is 24.2 Å². The van der Waals surface area contributed by atoms with Crippen LogP contribution in [0.1, 0.15) is 19.8 Å². The summed E-state index contributed by atoms with van der Waals surface area (Å²) in [5.74, 6) is 14.0. The van der Waals surface area contributed by atoms with Crippen molar-refractivity contribution in [2.75, 3.05) is 0 Å². The van der Waals surface area contributed by atoms with Gasteiger partial charge in [-0.3, -0.25) is 10.1 Å². The summed E-state index contributed by atoms with van der Waals surface area (Å²) in [4.78, 5) is 10.9. The Morgan fingerprint density at radius 3 is 2.50 bits per heavy atom. The van der Waals surface area contributed by atoms with Crippen LogP contribution in [0.5, 0.6) is 0 Å². The molecule has 0 heterocycles. The van der Waals surface area contributed by atoms with Crippen LogP contribution in [0.15, 0.2) is 0 Å². The van der Waals surface area contributed by atoms with Gasteiger partial charge < -0.3 is 0 Å². The Hall–Kier alpha value is -2.29. The van der Waals surface area contributed by atoms with Crippen molar-refractivity contribution in [2.45, 2.75) is 19.8 Å². The minimum absolute atomic E-state index is 0.100. The van der Waals surface area contributed by atoms with Gasteiger partial charge >= 0.3 is 0 Å². The molecule has 0 bridgehead atoms. The molecule has 2 nitrogen and oxygen atoms in total. The highest BCUT2D eigenvalue weighted by Crippen LogP contribution is 1.83. The predicted molar refractivity (Wildman–Crippen MR) is 55.2 cm³/mol. The second-order valence-corrected chi connectivity index (χ2v) is 2.19. The van der Waals surface area contributed by atoms with Crippen LogP contribution < -0.4 is 5.32 Å². The molecule has 0 aromatic rings. The SMILES string of the molecule is C#CC#CC#CC#CNC(=O)CCC. The lowest BCUT2D eigenvalue weighted by Crippen LogP contribution is -2.16. The molecular formula is C12H9NO. The van der Waals surface area contributed by atoms with Crippen LogP contribution in [0, 0.1) is 48.0 Å². The van der Waals surface area contributed by atoms with Gasteiger partial charge in [-0.2, -0.15) is 0 Å². The second-order valence-electron chi connectivity index (χ2n) is 2.19. The van der Waals surface area contributed by atoms with E-state index >= 15 is 0 Å². The van der Waals surface area contributed by atoms with E-state index in [-0.39, 0.29) is 5.91 Å². The van der Waals surface area contributed by atoms with Crippen molar-refractivity contribution in [1.29, 1.82) is 0 Å². The van der Waals surface area contributed by atoms with Gasteiger partial charge in [0.1, 0.15) is 0 Å². The minimum Gasteiger partial charge on any atom is -0.284 e. The van der Waals surface area contributed by atoms with E-state index in [2.05, 4.69) is 46.9 Å². The number of nitrogens with one attached hydrogen (secondary N) is 1. The summed E-state index contributed by atoms with van der Waals surface area (Å²) in [5.41, 5.74) is 0. The van der Waals surface area contributed by atoms with Gasteiger partial charge in [0.25, 0.3) is 0 Å². The normalized spacial score (nSPS) is 6.00. The Balaban J connectivity index is 3.89. The maximum atomic E-state index is 10.9. The number of terminal acetylenes is 1. The molecule has 1 N–H and O–H groups in total. The zero-order valence-electron chi connectivity index (χ0n) is 7.90. The Bertz CT molecular complexity index is 407. The molecule has 0 atom stereocenters. The van der Waals surface area contributed by atoms with E-state index in [1.807, 2.05) is 6.92 Å². The van der Waals surface area contributed by atoms with Crippen molar-refractivity contribution in [1.82, 2.24) is 5.32 Å². The summed E-state index contributed by atoms with van der Waals surface area (Å²) in [5, 5.41) is 2.38. The standard InChI is InChI=1S/C12H9NO/c1-3-5-6-7-8-9-11-13-12(14)10-4-2/h1H,4,10H2,2H3,(H,13,14). The summed E-state index contributed by atoms with van der Waals surface area (Å²) < 4.78 is 0. The molecule has 0 aliphatic carbocycles. The van der Waals surface area contributed by atoms with E-state index in [4.69, 9.17) is 6.42 Å². The largest absolute Gasteiger partial charge is 0.284 e. The summed E-state index contributed by atoms with van der Waals surface area (Å²) in [6.07, 6.45) is 6.13. The Labute approximate surface area is 84.5 Å². The monoisotopic (exact) mass is 183 g/mol. The van der Waals surface area contributed by atoms with E-state index in [1.54, 1.807) is 0 Å². The van der Waals surface area contributed by atoms with E-state index < -0.39 is 0 Å². The average Bonchev–Trinajstić information content (AvgIpc) is 2.17. The highest BCUT2D eigenvalue weighted by atomic mass is 16.1. The van der Waals surface area contributed by atoms with Crippen molar-refractivity contribution in [2.24, 2.45) is 0 Å². The zero-order valence-corrected chi connectivity index (χ0v) is 7.90. The smallest absolute Gasteiger partial charge is 0.231 e. The number of hydrogen-bond acceptors (Lipinski definition) is 1. The molecule has 14 heavy (non-hydrogen) atoms. The molecule has 0 aliphatic rings. The highest BCUT2D eigenvalue weighted by molar-refractivity contribution is 5.77. The third-order valence-electron chi connectivity index (χ3n) is 1.06. The maximum Gasteiger partial charge on any atom is 0.231 e. The van der Waals surface area contributed by atoms with Gasteiger partial charge in [0.15, 0.2) is 0 Å². The first-order valence-electron chi connectivity index (χ1n) is 4.05. The molecule has 0 rings (SSSR count). The van der Waals surface area contributed by atoms with Crippen LogP contribution in [0.3, 0.4) is 0 Å². The first-order chi connectivity index (χ1) is 6.81. The third-order valence-corrected chi connectivity index (χ3v) is 1.06. The van der Waals surface area contributed by atoms with E-state index in [9.17, 15) is 4.79 Å². The quantitative estimate of drug-likeness (QED) is 0.490. The van der Waals surface area contributed by atoms with E-state index in [0.29, 0.717) is 6.42 Å². The van der Waals surface area contributed by atoms with Gasteiger partial charge in [-0.25, -0.2) is 0 Å². The summed E-state index contributed by atoms with van der Waals surface area (Å²) in [6, 6.07) is 2.40. The summed E-state index contributed by atoms with van der Waals surface area (Å²) in [6.45, 7) is 1.92. The van der Waals surface area contributed by atoms with Gasteiger partial charge in [0.05, 0.1) is 0 Å². The topological polar surface area (TPSA) is 29.1 Å². The van der Waals surface area contributed by atoms with Crippen molar-refractivity contribution in [3.8, 4) is 48.0 Å². The molecule has 0 saturated heterocycles. The lowest BCUT2D eigenvalue weighted by molar-refractivity contribution is -0.119. The molecule has 0 radical (unpaired) electrons. The summed E-state index contributed by atoms with van der Waals surface area (Å²) in [7, 11) is 0. The average molecular weight is 183 g/mol. The molecule has 2 heteroatoms.